The van der Waals surface area contributed by atoms with E-state index in [2.05, 4.69) is 0 Å². The minimum absolute atomic E-state index is 0.0320. The molecule has 0 aromatic rings. The molecule has 1 aliphatic heterocycles. The summed E-state index contributed by atoms with van der Waals surface area (Å²) in [7, 11) is 0. The fraction of sp³-hybridized carbons (Fsp3) is 0.765. The van der Waals surface area contributed by atoms with Crippen LogP contribution in [-0.4, -0.2) is 42.8 Å². The van der Waals surface area contributed by atoms with Crippen molar-refractivity contribution in [3.05, 3.63) is 6.61 Å². The van der Waals surface area contributed by atoms with Gasteiger partial charge in [-0.2, -0.15) is 0 Å². The molecule has 1 saturated heterocycles. The van der Waals surface area contributed by atoms with Crippen LogP contribution in [-0.2, 0) is 33.3 Å². The zero-order chi connectivity index (χ0) is 18.4. The maximum Gasteiger partial charge on any atom is 0.308 e. The summed E-state index contributed by atoms with van der Waals surface area (Å²) in [5, 5.41) is 0. The van der Waals surface area contributed by atoms with E-state index in [1.165, 1.54) is 6.61 Å². The first-order valence-corrected chi connectivity index (χ1v) is 8.19. The Morgan fingerprint density at radius 1 is 0.833 bits per heavy atom. The second-order valence-corrected chi connectivity index (χ2v) is 6.71. The van der Waals surface area contributed by atoms with Gasteiger partial charge in [-0.1, -0.05) is 41.5 Å². The third-order valence-corrected chi connectivity index (χ3v) is 3.37. The van der Waals surface area contributed by atoms with Crippen LogP contribution in [0.2, 0.25) is 0 Å². The zero-order valence-corrected chi connectivity index (χ0v) is 15.1. The van der Waals surface area contributed by atoms with Crippen molar-refractivity contribution in [3.63, 3.8) is 0 Å². The molecule has 0 aromatic carbocycles. The summed E-state index contributed by atoms with van der Waals surface area (Å²) in [6.45, 7) is 11.5. The topological polar surface area (TPSA) is 88.1 Å². The molecule has 0 amide bonds. The Hall–Kier alpha value is -1.63. The van der Waals surface area contributed by atoms with Crippen LogP contribution in [0.5, 0.6) is 0 Å². The van der Waals surface area contributed by atoms with E-state index in [1.54, 1.807) is 41.5 Å². The quantitative estimate of drug-likeness (QED) is 0.537. The van der Waals surface area contributed by atoms with Crippen molar-refractivity contribution in [2.45, 2.75) is 59.9 Å². The van der Waals surface area contributed by atoms with Gasteiger partial charge < -0.3 is 18.9 Å². The smallest absolute Gasteiger partial charge is 0.308 e. The highest BCUT2D eigenvalue weighted by Crippen LogP contribution is 2.24. The maximum atomic E-state index is 12.0. The Morgan fingerprint density at radius 3 is 1.79 bits per heavy atom. The van der Waals surface area contributed by atoms with Gasteiger partial charge in [-0.15, -0.1) is 0 Å². The molecule has 0 unspecified atom stereocenters. The maximum absolute atomic E-state index is 12.0. The fourth-order valence-electron chi connectivity index (χ4n) is 1.79. The van der Waals surface area contributed by atoms with E-state index < -0.39 is 36.2 Å². The summed E-state index contributed by atoms with van der Waals surface area (Å²) in [6, 6.07) is 0. The Bertz CT molecular complexity index is 426. The molecule has 0 N–H and O–H groups in total. The summed E-state index contributed by atoms with van der Waals surface area (Å²) in [4.78, 5) is 35.7. The molecule has 1 rings (SSSR count). The lowest BCUT2D eigenvalue weighted by atomic mass is 10.0. The molecule has 24 heavy (non-hydrogen) atoms. The average Bonchev–Trinajstić information content (AvgIpc) is 2.49. The fourth-order valence-corrected chi connectivity index (χ4v) is 1.79. The van der Waals surface area contributed by atoms with Gasteiger partial charge in [0.05, 0.1) is 24.4 Å². The molecule has 137 valence electrons. The van der Waals surface area contributed by atoms with Gasteiger partial charge in [0.2, 0.25) is 0 Å². The predicted molar refractivity (Wildman–Crippen MR) is 84.4 cm³/mol. The number of carbonyl (C=O) groups excluding carboxylic acids is 3. The van der Waals surface area contributed by atoms with Crippen molar-refractivity contribution in [1.82, 2.24) is 0 Å². The zero-order valence-electron chi connectivity index (χ0n) is 15.1. The van der Waals surface area contributed by atoms with E-state index >= 15 is 0 Å². The molecule has 7 nitrogen and oxygen atoms in total. The van der Waals surface area contributed by atoms with Crippen LogP contribution in [0, 0.1) is 24.4 Å². The third-order valence-electron chi connectivity index (χ3n) is 3.37. The first kappa shape index (κ1) is 20.4. The SMILES string of the molecule is CC(C)C(=O)O[C@@H]1[C@@H](OC(=O)C(C)C)[CH]OC[C@H]1OC(=O)C(C)C. The Kier molecular flexibility index (Phi) is 7.66. The number of hydrogen-bond acceptors (Lipinski definition) is 7. The van der Waals surface area contributed by atoms with Crippen LogP contribution >= 0.6 is 0 Å². The van der Waals surface area contributed by atoms with Crippen LogP contribution in [0.3, 0.4) is 0 Å². The molecule has 7 heteroatoms. The summed E-state index contributed by atoms with van der Waals surface area (Å²) < 4.78 is 21.4. The van der Waals surface area contributed by atoms with E-state index in [-0.39, 0.29) is 24.4 Å². The molecule has 0 aromatic heterocycles. The van der Waals surface area contributed by atoms with Gasteiger partial charge >= 0.3 is 17.9 Å². The number of rotatable bonds is 6. The van der Waals surface area contributed by atoms with Crippen LogP contribution in [0.15, 0.2) is 0 Å². The highest BCUT2D eigenvalue weighted by atomic mass is 16.6. The molecule has 1 fully saturated rings. The Morgan fingerprint density at radius 2 is 1.29 bits per heavy atom. The van der Waals surface area contributed by atoms with Gasteiger partial charge in [0.25, 0.3) is 0 Å². The Balaban J connectivity index is 2.92. The van der Waals surface area contributed by atoms with Crippen molar-refractivity contribution < 1.29 is 33.3 Å². The largest absolute Gasteiger partial charge is 0.456 e. The molecular formula is C17H27O7. The first-order chi connectivity index (χ1) is 11.1. The minimum Gasteiger partial charge on any atom is -0.456 e. The monoisotopic (exact) mass is 343 g/mol. The lowest BCUT2D eigenvalue weighted by molar-refractivity contribution is -0.205. The molecule has 1 aliphatic rings. The highest BCUT2D eigenvalue weighted by Gasteiger charge is 2.43. The number of ether oxygens (including phenoxy) is 4. The van der Waals surface area contributed by atoms with Crippen molar-refractivity contribution in [2.75, 3.05) is 6.61 Å². The number of carbonyl (C=O) groups is 3. The summed E-state index contributed by atoms with van der Waals surface area (Å²) >= 11 is 0. The van der Waals surface area contributed by atoms with Gasteiger partial charge in [-0.3, -0.25) is 14.4 Å². The first-order valence-electron chi connectivity index (χ1n) is 8.19. The van der Waals surface area contributed by atoms with E-state index in [1.807, 2.05) is 0 Å². The Labute approximate surface area is 143 Å². The van der Waals surface area contributed by atoms with Gasteiger partial charge in [0.15, 0.2) is 18.3 Å². The van der Waals surface area contributed by atoms with Gasteiger partial charge in [-0.05, 0) is 0 Å². The van der Waals surface area contributed by atoms with Gasteiger partial charge in [-0.25, -0.2) is 0 Å². The van der Waals surface area contributed by atoms with Crippen LogP contribution < -0.4 is 0 Å². The lowest BCUT2D eigenvalue weighted by Crippen LogP contribution is -2.52. The van der Waals surface area contributed by atoms with Gasteiger partial charge in [0, 0.05) is 0 Å². The van der Waals surface area contributed by atoms with E-state index in [9.17, 15) is 14.4 Å². The number of hydrogen-bond donors (Lipinski definition) is 0. The molecule has 0 saturated carbocycles. The molecule has 3 atom stereocenters. The molecule has 0 bridgehead atoms. The second kappa shape index (κ2) is 9.01. The summed E-state index contributed by atoms with van der Waals surface area (Å²) in [6.07, 6.45) is -2.70. The van der Waals surface area contributed by atoms with E-state index in [0.29, 0.717) is 0 Å². The average molecular weight is 343 g/mol. The van der Waals surface area contributed by atoms with E-state index in [4.69, 9.17) is 18.9 Å². The lowest BCUT2D eigenvalue weighted by Gasteiger charge is -2.36. The molecule has 0 aliphatic carbocycles. The standard InChI is InChI=1S/C17H27O7/c1-9(2)15(18)22-12-7-21-8-13(23-16(19)10(3)4)14(12)24-17(20)11(5)6/h7,9-14H,8H2,1-6H3/t12-,13+,14+/m0/s1. The molecular weight excluding hydrogens is 316 g/mol. The third kappa shape index (κ3) is 5.78. The van der Waals surface area contributed by atoms with Crippen molar-refractivity contribution in [2.24, 2.45) is 17.8 Å². The molecule has 0 spiro atoms. The van der Waals surface area contributed by atoms with Gasteiger partial charge in [0.1, 0.15) is 6.61 Å². The van der Waals surface area contributed by atoms with Crippen LogP contribution in [0.25, 0.3) is 0 Å². The predicted octanol–water partition coefficient (Wildman–Crippen LogP) is 1.88. The van der Waals surface area contributed by atoms with Crippen molar-refractivity contribution in [1.29, 1.82) is 0 Å². The molecule has 1 heterocycles. The van der Waals surface area contributed by atoms with Crippen LogP contribution in [0.1, 0.15) is 41.5 Å². The number of esters is 3. The highest BCUT2D eigenvalue weighted by molar-refractivity contribution is 5.73. The second-order valence-electron chi connectivity index (χ2n) is 6.71. The summed E-state index contributed by atoms with van der Waals surface area (Å²) in [5.74, 6) is -2.42. The van der Waals surface area contributed by atoms with Crippen molar-refractivity contribution in [3.8, 4) is 0 Å². The van der Waals surface area contributed by atoms with Crippen LogP contribution in [0.4, 0.5) is 0 Å². The minimum atomic E-state index is -0.931. The molecule has 1 radical (unpaired) electrons. The summed E-state index contributed by atoms with van der Waals surface area (Å²) in [5.41, 5.74) is 0. The van der Waals surface area contributed by atoms with E-state index in [0.717, 1.165) is 0 Å². The van der Waals surface area contributed by atoms with Crippen molar-refractivity contribution >= 4 is 17.9 Å². The normalized spacial score (nSPS) is 24.1.